The number of rotatable bonds is 4. The van der Waals surface area contributed by atoms with Gasteiger partial charge in [-0.3, -0.25) is 0 Å². The van der Waals surface area contributed by atoms with Crippen LogP contribution in [0.1, 0.15) is 37.7 Å². The maximum Gasteiger partial charge on any atom is 0.358 e. The molecule has 2 aromatic rings. The van der Waals surface area contributed by atoms with Gasteiger partial charge in [-0.2, -0.15) is 0 Å². The molecule has 2 rings (SSSR count). The number of aromatic nitrogens is 5. The molecule has 0 aliphatic rings. The molecule has 0 bridgehead atoms. The molecular weight excluding hydrogens is 258 g/mol. The van der Waals surface area contributed by atoms with Crippen molar-refractivity contribution in [2.45, 2.75) is 33.7 Å². The molecule has 0 unspecified atom stereocenters. The van der Waals surface area contributed by atoms with Crippen molar-refractivity contribution in [2.75, 3.05) is 0 Å². The minimum absolute atomic E-state index is 0.0618. The van der Waals surface area contributed by atoms with E-state index in [1.165, 1.54) is 0 Å². The van der Waals surface area contributed by atoms with E-state index < -0.39 is 5.97 Å². The highest BCUT2D eigenvalue weighted by molar-refractivity contribution is 5.91. The number of carboxylic acid groups (broad SMARTS) is 1. The van der Waals surface area contributed by atoms with E-state index in [0.717, 1.165) is 6.42 Å². The first-order valence-electron chi connectivity index (χ1n) is 6.44. The quantitative estimate of drug-likeness (QED) is 0.921. The van der Waals surface area contributed by atoms with E-state index in [9.17, 15) is 9.90 Å². The van der Waals surface area contributed by atoms with Crippen molar-refractivity contribution in [3.63, 3.8) is 0 Å². The van der Waals surface area contributed by atoms with Crippen molar-refractivity contribution in [1.82, 2.24) is 24.5 Å². The number of imidazole rings is 1. The highest BCUT2D eigenvalue weighted by atomic mass is 16.4. The maximum absolute atomic E-state index is 11.3. The number of hydrogen-bond acceptors (Lipinski definition) is 4. The first-order valence-corrected chi connectivity index (χ1v) is 6.44. The van der Waals surface area contributed by atoms with E-state index in [2.05, 4.69) is 36.1 Å². The van der Waals surface area contributed by atoms with E-state index >= 15 is 0 Å². The molecule has 20 heavy (non-hydrogen) atoms. The molecule has 0 radical (unpaired) electrons. The fourth-order valence-electron chi connectivity index (χ4n) is 1.87. The summed E-state index contributed by atoms with van der Waals surface area (Å²) in [6.07, 6.45) is 4.26. The molecule has 2 heterocycles. The number of nitrogens with zero attached hydrogens (tertiary/aromatic N) is 5. The van der Waals surface area contributed by atoms with E-state index in [-0.39, 0.29) is 11.1 Å². The summed E-state index contributed by atoms with van der Waals surface area (Å²) < 4.78 is 3.38. The molecular formula is C13H19N5O2. The maximum atomic E-state index is 11.3. The average molecular weight is 277 g/mol. The molecule has 0 aliphatic carbocycles. The Morgan fingerprint density at radius 3 is 2.60 bits per heavy atom. The van der Waals surface area contributed by atoms with Crippen LogP contribution in [-0.2, 0) is 13.6 Å². The highest BCUT2D eigenvalue weighted by Gasteiger charge is 2.24. The predicted molar refractivity (Wildman–Crippen MR) is 73.3 cm³/mol. The zero-order chi connectivity index (χ0) is 14.9. The van der Waals surface area contributed by atoms with Crippen molar-refractivity contribution < 1.29 is 9.90 Å². The van der Waals surface area contributed by atoms with Gasteiger partial charge < -0.3 is 9.67 Å². The average Bonchev–Trinajstić information content (AvgIpc) is 2.90. The van der Waals surface area contributed by atoms with Gasteiger partial charge in [0.2, 0.25) is 5.69 Å². The van der Waals surface area contributed by atoms with Crippen LogP contribution < -0.4 is 0 Å². The summed E-state index contributed by atoms with van der Waals surface area (Å²) in [5.41, 5.74) is 0.524. The van der Waals surface area contributed by atoms with E-state index in [1.807, 2.05) is 7.05 Å². The normalized spacial score (nSPS) is 11.8. The molecule has 0 saturated heterocycles. The van der Waals surface area contributed by atoms with Crippen LogP contribution in [0.4, 0.5) is 0 Å². The minimum atomic E-state index is -1.09. The molecule has 0 aromatic carbocycles. The third-order valence-electron chi connectivity index (χ3n) is 3.04. The molecule has 2 aromatic heterocycles. The second-order valence-electron chi connectivity index (χ2n) is 5.99. The van der Waals surface area contributed by atoms with Crippen molar-refractivity contribution in [2.24, 2.45) is 12.5 Å². The van der Waals surface area contributed by atoms with Crippen molar-refractivity contribution in [1.29, 1.82) is 0 Å². The topological polar surface area (TPSA) is 85.8 Å². The minimum Gasteiger partial charge on any atom is -0.476 e. The summed E-state index contributed by atoms with van der Waals surface area (Å²) in [5.74, 6) is -0.536. The Bertz CT molecular complexity index is 621. The van der Waals surface area contributed by atoms with Gasteiger partial charge in [-0.05, 0) is 11.8 Å². The standard InChI is InChI=1S/C13H19N5O2/c1-13(2,3)5-7-18-10(9(12(19)20)15-16-18)11-14-6-8-17(11)4/h6,8H,5,7H2,1-4H3,(H,19,20). The largest absolute Gasteiger partial charge is 0.476 e. The van der Waals surface area contributed by atoms with E-state index in [0.29, 0.717) is 18.1 Å². The van der Waals surface area contributed by atoms with Crippen LogP contribution in [0.3, 0.4) is 0 Å². The summed E-state index contributed by atoms with van der Waals surface area (Å²) in [5, 5.41) is 17.0. The summed E-state index contributed by atoms with van der Waals surface area (Å²) in [7, 11) is 1.81. The van der Waals surface area contributed by atoms with E-state index in [4.69, 9.17) is 0 Å². The predicted octanol–water partition coefficient (Wildman–Crippen LogP) is 1.81. The Hall–Kier alpha value is -2.18. The van der Waals surface area contributed by atoms with Gasteiger partial charge in [0.25, 0.3) is 0 Å². The number of aromatic carboxylic acids is 1. The second kappa shape index (κ2) is 5.07. The lowest BCUT2D eigenvalue weighted by molar-refractivity contribution is 0.0691. The van der Waals surface area contributed by atoms with Crippen LogP contribution in [0.5, 0.6) is 0 Å². The number of carboxylic acids is 1. The number of hydrogen-bond donors (Lipinski definition) is 1. The Labute approximate surface area is 117 Å². The van der Waals surface area contributed by atoms with Crippen LogP contribution in [0.25, 0.3) is 11.5 Å². The molecule has 0 spiro atoms. The number of carbonyl (C=O) groups is 1. The van der Waals surface area contributed by atoms with Crippen molar-refractivity contribution in [3.8, 4) is 11.5 Å². The van der Waals surface area contributed by atoms with Gasteiger partial charge in [-0.1, -0.05) is 26.0 Å². The first kappa shape index (κ1) is 14.2. The highest BCUT2D eigenvalue weighted by Crippen LogP contribution is 2.24. The van der Waals surface area contributed by atoms with Crippen molar-refractivity contribution >= 4 is 5.97 Å². The fraction of sp³-hybridized carbons (Fsp3) is 0.538. The summed E-state index contributed by atoms with van der Waals surface area (Å²) in [6, 6.07) is 0. The molecule has 1 N–H and O–H groups in total. The lowest BCUT2D eigenvalue weighted by Crippen LogP contribution is -2.13. The summed E-state index contributed by atoms with van der Waals surface area (Å²) >= 11 is 0. The van der Waals surface area contributed by atoms with Gasteiger partial charge in [0.05, 0.1) is 0 Å². The van der Waals surface area contributed by atoms with Crippen LogP contribution in [0.15, 0.2) is 12.4 Å². The van der Waals surface area contributed by atoms with Gasteiger partial charge in [0.1, 0.15) is 5.69 Å². The molecule has 0 atom stereocenters. The molecule has 0 saturated carbocycles. The SMILES string of the molecule is Cn1ccnc1-c1c(C(=O)O)nnn1CCC(C)(C)C. The van der Waals surface area contributed by atoms with Crippen LogP contribution >= 0.6 is 0 Å². The third-order valence-corrected chi connectivity index (χ3v) is 3.04. The Morgan fingerprint density at radius 1 is 1.40 bits per heavy atom. The smallest absolute Gasteiger partial charge is 0.358 e. The van der Waals surface area contributed by atoms with Crippen LogP contribution in [0, 0.1) is 5.41 Å². The lowest BCUT2D eigenvalue weighted by atomic mass is 9.92. The molecule has 0 fully saturated rings. The second-order valence-corrected chi connectivity index (χ2v) is 5.99. The Morgan fingerprint density at radius 2 is 2.10 bits per heavy atom. The zero-order valence-corrected chi connectivity index (χ0v) is 12.2. The Balaban J connectivity index is 2.44. The van der Waals surface area contributed by atoms with Gasteiger partial charge in [-0.15, -0.1) is 5.10 Å². The molecule has 108 valence electrons. The zero-order valence-electron chi connectivity index (χ0n) is 12.2. The summed E-state index contributed by atoms with van der Waals surface area (Å²) in [6.45, 7) is 6.99. The lowest BCUT2D eigenvalue weighted by Gasteiger charge is -2.18. The molecule has 7 nitrogen and oxygen atoms in total. The van der Waals surface area contributed by atoms with Gasteiger partial charge in [0.15, 0.2) is 5.82 Å². The van der Waals surface area contributed by atoms with Crippen LogP contribution in [0.2, 0.25) is 0 Å². The van der Waals surface area contributed by atoms with Crippen LogP contribution in [-0.4, -0.2) is 35.6 Å². The fourth-order valence-corrected chi connectivity index (χ4v) is 1.87. The van der Waals surface area contributed by atoms with Crippen molar-refractivity contribution in [3.05, 3.63) is 18.1 Å². The van der Waals surface area contributed by atoms with Gasteiger partial charge >= 0.3 is 5.97 Å². The Kier molecular flexibility index (Phi) is 3.61. The monoisotopic (exact) mass is 277 g/mol. The molecule has 0 amide bonds. The van der Waals surface area contributed by atoms with Gasteiger partial charge in [0, 0.05) is 26.0 Å². The summed E-state index contributed by atoms with van der Waals surface area (Å²) in [4.78, 5) is 15.5. The van der Waals surface area contributed by atoms with Gasteiger partial charge in [-0.25, -0.2) is 14.5 Å². The first-order chi connectivity index (χ1) is 9.29. The third kappa shape index (κ3) is 2.87. The number of aryl methyl sites for hydroxylation is 2. The molecule has 0 aliphatic heterocycles. The van der Waals surface area contributed by atoms with E-state index in [1.54, 1.807) is 21.6 Å². The molecule has 7 heteroatoms.